The van der Waals surface area contributed by atoms with Crippen LogP contribution in [0.15, 0.2) is 48.5 Å². The second-order valence-corrected chi connectivity index (χ2v) is 10.2. The van der Waals surface area contributed by atoms with Crippen molar-refractivity contribution >= 4 is 11.9 Å². The number of ether oxygens (including phenoxy) is 3. The summed E-state index contributed by atoms with van der Waals surface area (Å²) >= 11 is 0. The molecule has 2 aliphatic heterocycles. The normalized spacial score (nSPS) is 18.3. The van der Waals surface area contributed by atoms with Gasteiger partial charge in [-0.25, -0.2) is 0 Å². The molecule has 2 aliphatic rings. The van der Waals surface area contributed by atoms with Crippen LogP contribution in [0.4, 0.5) is 0 Å². The van der Waals surface area contributed by atoms with Crippen molar-refractivity contribution in [3.8, 4) is 11.5 Å². The van der Waals surface area contributed by atoms with E-state index in [1.807, 2.05) is 48.5 Å². The van der Waals surface area contributed by atoms with Gasteiger partial charge in [-0.05, 0) is 60.1 Å². The molecule has 188 valence electrons. The molecule has 2 fully saturated rings. The maximum Gasteiger partial charge on any atom is 0.264 e. The van der Waals surface area contributed by atoms with Crippen LogP contribution >= 0.6 is 0 Å². The molecule has 0 radical (unpaired) electrons. The van der Waals surface area contributed by atoms with Crippen molar-refractivity contribution in [1.82, 2.24) is 10.2 Å². The SMILES string of the molecule is CC(C)COc1cccc(C2(c3cccc(OCC(C)C)c3)NC(=N)N(C3CCOCC3)C2=O)c1. The van der Waals surface area contributed by atoms with E-state index in [-0.39, 0.29) is 17.9 Å². The van der Waals surface area contributed by atoms with E-state index >= 15 is 0 Å². The van der Waals surface area contributed by atoms with Crippen molar-refractivity contribution in [3.05, 3.63) is 59.7 Å². The third-order valence-corrected chi connectivity index (χ3v) is 6.34. The Kier molecular flexibility index (Phi) is 7.65. The van der Waals surface area contributed by atoms with Crippen LogP contribution in [-0.4, -0.2) is 49.2 Å². The highest BCUT2D eigenvalue weighted by atomic mass is 16.5. The highest BCUT2D eigenvalue weighted by molar-refractivity contribution is 6.10. The first-order valence-corrected chi connectivity index (χ1v) is 12.6. The van der Waals surface area contributed by atoms with Crippen LogP contribution in [0.1, 0.15) is 51.7 Å². The fraction of sp³-hybridized carbons (Fsp3) is 0.500. The first-order valence-electron chi connectivity index (χ1n) is 12.6. The molecule has 2 aromatic carbocycles. The minimum atomic E-state index is -1.25. The molecule has 0 aliphatic carbocycles. The van der Waals surface area contributed by atoms with Crippen molar-refractivity contribution < 1.29 is 19.0 Å². The molecule has 2 aromatic rings. The molecule has 0 aromatic heterocycles. The smallest absolute Gasteiger partial charge is 0.264 e. The fourth-order valence-corrected chi connectivity index (χ4v) is 4.59. The van der Waals surface area contributed by atoms with Gasteiger partial charge in [-0.1, -0.05) is 52.0 Å². The van der Waals surface area contributed by atoms with Crippen molar-refractivity contribution in [2.24, 2.45) is 11.8 Å². The number of amides is 1. The maximum absolute atomic E-state index is 14.3. The number of guanidine groups is 1. The number of nitrogens with zero attached hydrogens (tertiary/aromatic N) is 1. The van der Waals surface area contributed by atoms with E-state index < -0.39 is 5.54 Å². The second-order valence-electron chi connectivity index (χ2n) is 10.2. The summed E-state index contributed by atoms with van der Waals surface area (Å²) in [6.07, 6.45) is 1.42. The number of benzene rings is 2. The molecule has 0 bridgehead atoms. The van der Waals surface area contributed by atoms with E-state index in [1.165, 1.54) is 0 Å². The van der Waals surface area contributed by atoms with Gasteiger partial charge in [0.2, 0.25) is 0 Å². The zero-order valence-electron chi connectivity index (χ0n) is 21.2. The van der Waals surface area contributed by atoms with E-state index in [1.54, 1.807) is 4.90 Å². The molecule has 2 saturated heterocycles. The minimum absolute atomic E-state index is 0.0705. The van der Waals surface area contributed by atoms with Crippen LogP contribution in [0.5, 0.6) is 11.5 Å². The van der Waals surface area contributed by atoms with Crippen LogP contribution in [0.25, 0.3) is 0 Å². The van der Waals surface area contributed by atoms with Gasteiger partial charge in [0.15, 0.2) is 11.5 Å². The molecular weight excluding hydrogens is 442 g/mol. The molecule has 2 N–H and O–H groups in total. The Morgan fingerprint density at radius 2 is 1.49 bits per heavy atom. The van der Waals surface area contributed by atoms with E-state index in [9.17, 15) is 4.79 Å². The van der Waals surface area contributed by atoms with Gasteiger partial charge >= 0.3 is 0 Å². The third-order valence-electron chi connectivity index (χ3n) is 6.34. The van der Waals surface area contributed by atoms with Crippen molar-refractivity contribution in [2.45, 2.75) is 52.1 Å². The molecule has 0 saturated carbocycles. The highest BCUT2D eigenvalue weighted by Gasteiger charge is 2.54. The Bertz CT molecular complexity index is 991. The second kappa shape index (κ2) is 10.7. The Morgan fingerprint density at radius 3 is 1.97 bits per heavy atom. The lowest BCUT2D eigenvalue weighted by Crippen LogP contribution is -2.47. The predicted molar refractivity (Wildman–Crippen MR) is 136 cm³/mol. The first-order chi connectivity index (χ1) is 16.8. The summed E-state index contributed by atoms with van der Waals surface area (Å²) in [6.45, 7) is 10.7. The van der Waals surface area contributed by atoms with Crippen molar-refractivity contribution in [1.29, 1.82) is 5.41 Å². The summed E-state index contributed by atoms with van der Waals surface area (Å²) in [7, 11) is 0. The highest BCUT2D eigenvalue weighted by Crippen LogP contribution is 2.40. The number of carbonyl (C=O) groups excluding carboxylic acids is 1. The zero-order valence-corrected chi connectivity index (χ0v) is 21.2. The lowest BCUT2D eigenvalue weighted by molar-refractivity contribution is -0.132. The van der Waals surface area contributed by atoms with Crippen LogP contribution in [0, 0.1) is 17.2 Å². The fourth-order valence-electron chi connectivity index (χ4n) is 4.59. The molecule has 1 amide bonds. The third kappa shape index (κ3) is 5.30. The van der Waals surface area contributed by atoms with Crippen LogP contribution < -0.4 is 14.8 Å². The summed E-state index contributed by atoms with van der Waals surface area (Å²) in [5.74, 6) is 2.12. The maximum atomic E-state index is 14.3. The quantitative estimate of drug-likeness (QED) is 0.552. The van der Waals surface area contributed by atoms with Gasteiger partial charge in [-0.15, -0.1) is 0 Å². The summed E-state index contributed by atoms with van der Waals surface area (Å²) < 4.78 is 17.5. The monoisotopic (exact) mass is 479 g/mol. The largest absolute Gasteiger partial charge is 0.493 e. The van der Waals surface area contributed by atoms with Crippen LogP contribution in [0.2, 0.25) is 0 Å². The van der Waals surface area contributed by atoms with Gasteiger partial charge in [0, 0.05) is 19.3 Å². The summed E-state index contributed by atoms with van der Waals surface area (Å²) in [4.78, 5) is 15.9. The van der Waals surface area contributed by atoms with Gasteiger partial charge < -0.3 is 19.5 Å². The first kappa shape index (κ1) is 25.0. The van der Waals surface area contributed by atoms with Gasteiger partial charge in [0.25, 0.3) is 5.91 Å². The predicted octanol–water partition coefficient (Wildman–Crippen LogP) is 4.55. The number of rotatable bonds is 9. The minimum Gasteiger partial charge on any atom is -0.493 e. The summed E-state index contributed by atoms with van der Waals surface area (Å²) in [5.41, 5.74) is 0.234. The van der Waals surface area contributed by atoms with Gasteiger partial charge in [0.1, 0.15) is 11.5 Å². The molecule has 0 unspecified atom stereocenters. The number of hydrogen-bond acceptors (Lipinski definition) is 5. The zero-order chi connectivity index (χ0) is 25.0. The number of nitrogens with one attached hydrogen (secondary N) is 2. The summed E-state index contributed by atoms with van der Waals surface area (Å²) in [6, 6.07) is 15.2. The number of carbonyl (C=O) groups is 1. The Morgan fingerprint density at radius 1 is 0.971 bits per heavy atom. The Labute approximate surface area is 208 Å². The molecule has 35 heavy (non-hydrogen) atoms. The topological polar surface area (TPSA) is 83.9 Å². The van der Waals surface area contributed by atoms with Crippen LogP contribution in [-0.2, 0) is 15.1 Å². The Hall–Kier alpha value is -3.06. The molecule has 4 rings (SSSR count). The summed E-state index contributed by atoms with van der Waals surface area (Å²) in [5, 5.41) is 12.1. The molecule has 0 spiro atoms. The lowest BCUT2D eigenvalue weighted by atomic mass is 9.82. The Balaban J connectivity index is 1.78. The van der Waals surface area contributed by atoms with E-state index in [0.717, 1.165) is 11.1 Å². The molecular formula is C28H37N3O4. The van der Waals surface area contributed by atoms with E-state index in [0.29, 0.717) is 62.6 Å². The number of hydrogen-bond donors (Lipinski definition) is 2. The van der Waals surface area contributed by atoms with Gasteiger partial charge in [-0.2, -0.15) is 0 Å². The molecule has 7 nitrogen and oxygen atoms in total. The lowest BCUT2D eigenvalue weighted by Gasteiger charge is -2.32. The average molecular weight is 480 g/mol. The molecule has 7 heteroatoms. The van der Waals surface area contributed by atoms with Crippen molar-refractivity contribution in [2.75, 3.05) is 26.4 Å². The van der Waals surface area contributed by atoms with E-state index in [2.05, 4.69) is 33.0 Å². The average Bonchev–Trinajstić information content (AvgIpc) is 3.13. The van der Waals surface area contributed by atoms with Crippen molar-refractivity contribution in [3.63, 3.8) is 0 Å². The van der Waals surface area contributed by atoms with Gasteiger partial charge in [-0.3, -0.25) is 15.1 Å². The standard InChI is InChI=1S/C28H37N3O4/c1-19(2)17-34-24-9-5-7-21(15-24)28(22-8-6-10-25(16-22)35-18-20(3)4)26(32)31(27(29)30-28)23-11-13-33-14-12-23/h5-10,15-16,19-20,23H,11-14,17-18H2,1-4H3,(H2,29,30). The van der Waals surface area contributed by atoms with E-state index in [4.69, 9.17) is 19.6 Å². The molecule has 0 atom stereocenters. The molecule has 2 heterocycles. The van der Waals surface area contributed by atoms with Gasteiger partial charge in [0.05, 0.1) is 13.2 Å². The van der Waals surface area contributed by atoms with Crippen LogP contribution in [0.3, 0.4) is 0 Å².